The number of hydrogen-bond donors (Lipinski definition) is 0. The molecule has 2 aliphatic rings. The van der Waals surface area contributed by atoms with Gasteiger partial charge in [-0.15, -0.1) is 0 Å². The number of thioether (sulfide) groups is 6. The Morgan fingerprint density at radius 1 is 0.375 bits per heavy atom. The van der Waals surface area contributed by atoms with Gasteiger partial charge in [-0.3, -0.25) is 9.97 Å². The second kappa shape index (κ2) is 11.8. The average Bonchev–Trinajstić information content (AvgIpc) is 2.57. The summed E-state index contributed by atoms with van der Waals surface area (Å²) in [6, 6.07) is 0. The lowest BCUT2D eigenvalue weighted by Gasteiger charge is -2.16. The number of nitrogens with zero attached hydrogens (tertiary/aromatic N) is 2. The molecule has 0 spiro atoms. The maximum atomic E-state index is 5.11. The van der Waals surface area contributed by atoms with Crippen LogP contribution in [-0.4, -0.2) is 56.0 Å². The highest BCUT2D eigenvalue weighted by Gasteiger charge is 2.15. The molecule has 0 radical (unpaired) electrons. The van der Waals surface area contributed by atoms with Gasteiger partial charge in [0, 0.05) is 69.0 Å². The topological polar surface area (TPSA) is 25.8 Å². The van der Waals surface area contributed by atoms with Crippen molar-refractivity contribution in [3.05, 3.63) is 22.8 Å². The van der Waals surface area contributed by atoms with Gasteiger partial charge in [0.2, 0.25) is 0 Å². The highest BCUT2D eigenvalue weighted by atomic mass is 32.2. The zero-order chi connectivity index (χ0) is 16.5. The Hall–Kier alpha value is 1.18. The third-order valence-electron chi connectivity index (χ3n) is 3.65. The molecule has 0 unspecified atom stereocenters. The van der Waals surface area contributed by atoms with Gasteiger partial charge in [0.1, 0.15) is 0 Å². The Kier molecular flexibility index (Phi) is 9.80. The lowest BCUT2D eigenvalue weighted by atomic mass is 10.3. The maximum absolute atomic E-state index is 5.11. The summed E-state index contributed by atoms with van der Waals surface area (Å²) in [5.74, 6) is 14.1. The van der Waals surface area contributed by atoms with Gasteiger partial charge in [0.25, 0.3) is 0 Å². The van der Waals surface area contributed by atoms with Gasteiger partial charge in [-0.05, 0) is 0 Å². The molecule has 8 heteroatoms. The second-order valence-electron chi connectivity index (χ2n) is 5.45. The molecular weight excluding hydrogens is 413 g/mol. The van der Waals surface area contributed by atoms with Crippen molar-refractivity contribution in [3.63, 3.8) is 0 Å². The largest absolute Gasteiger partial charge is 0.252 e. The van der Waals surface area contributed by atoms with E-state index < -0.39 is 0 Å². The van der Waals surface area contributed by atoms with E-state index in [2.05, 4.69) is 23.5 Å². The lowest BCUT2D eigenvalue weighted by Crippen LogP contribution is -2.10. The van der Waals surface area contributed by atoms with Crippen LogP contribution in [0, 0.1) is 0 Å². The molecule has 1 aromatic heterocycles. The SMILES string of the molecule is C1CSCc2nc(c3nc2CSCCSCCSC3)CSCCS1. The normalized spacial score (nSPS) is 21.7. The molecular formula is C16H24N2S6. The molecule has 0 N–H and O–H groups in total. The van der Waals surface area contributed by atoms with Gasteiger partial charge in [-0.1, -0.05) is 0 Å². The minimum Gasteiger partial charge on any atom is -0.252 e. The molecule has 24 heavy (non-hydrogen) atoms. The predicted molar refractivity (Wildman–Crippen MR) is 121 cm³/mol. The number of aromatic nitrogens is 2. The Balaban J connectivity index is 1.83. The zero-order valence-corrected chi connectivity index (χ0v) is 18.7. The number of rotatable bonds is 0. The van der Waals surface area contributed by atoms with Crippen molar-refractivity contribution in [3.8, 4) is 0 Å². The molecule has 134 valence electrons. The summed E-state index contributed by atoms with van der Waals surface area (Å²) >= 11 is 12.3. The van der Waals surface area contributed by atoms with Crippen molar-refractivity contribution < 1.29 is 0 Å². The highest BCUT2D eigenvalue weighted by molar-refractivity contribution is 8.04. The third-order valence-corrected chi connectivity index (χ3v) is 10.5. The number of hydrogen-bond acceptors (Lipinski definition) is 8. The first-order valence-electron chi connectivity index (χ1n) is 8.27. The molecule has 2 nitrogen and oxygen atoms in total. The summed E-state index contributed by atoms with van der Waals surface area (Å²) in [5.41, 5.74) is 5.03. The van der Waals surface area contributed by atoms with Crippen molar-refractivity contribution in [2.24, 2.45) is 0 Å². The van der Waals surface area contributed by atoms with Crippen LogP contribution in [0.4, 0.5) is 0 Å². The van der Waals surface area contributed by atoms with E-state index in [9.17, 15) is 0 Å². The van der Waals surface area contributed by atoms with Crippen molar-refractivity contribution in [2.45, 2.75) is 23.0 Å². The van der Waals surface area contributed by atoms with Crippen molar-refractivity contribution in [2.75, 3.05) is 46.0 Å². The van der Waals surface area contributed by atoms with Crippen molar-refractivity contribution >= 4 is 70.6 Å². The summed E-state index contributed by atoms with van der Waals surface area (Å²) < 4.78 is 0. The third kappa shape index (κ3) is 6.72. The molecule has 0 saturated heterocycles. The van der Waals surface area contributed by atoms with E-state index in [1.165, 1.54) is 68.8 Å². The fourth-order valence-corrected chi connectivity index (χ4v) is 8.85. The minimum atomic E-state index is 1.03. The van der Waals surface area contributed by atoms with E-state index in [1.807, 2.05) is 47.0 Å². The smallest absolute Gasteiger partial charge is 0.0730 e. The Morgan fingerprint density at radius 2 is 0.625 bits per heavy atom. The van der Waals surface area contributed by atoms with Crippen LogP contribution < -0.4 is 0 Å². The monoisotopic (exact) mass is 436 g/mol. The van der Waals surface area contributed by atoms with Gasteiger partial charge < -0.3 is 0 Å². The van der Waals surface area contributed by atoms with E-state index in [-0.39, 0.29) is 0 Å². The molecule has 2 aliphatic heterocycles. The van der Waals surface area contributed by atoms with Gasteiger partial charge >= 0.3 is 0 Å². The van der Waals surface area contributed by atoms with Crippen LogP contribution in [0.2, 0.25) is 0 Å². The summed E-state index contributed by atoms with van der Waals surface area (Å²) in [5, 5.41) is 0. The second-order valence-corrected chi connectivity index (χ2v) is 12.3. The molecule has 3 heterocycles. The van der Waals surface area contributed by atoms with E-state index in [4.69, 9.17) is 9.97 Å². The average molecular weight is 437 g/mol. The molecule has 0 fully saturated rings. The first-order valence-corrected chi connectivity index (χ1v) is 15.2. The first kappa shape index (κ1) is 19.9. The van der Waals surface area contributed by atoms with Crippen molar-refractivity contribution in [1.29, 1.82) is 0 Å². The fraction of sp³-hybridized carbons (Fsp3) is 0.750. The molecule has 0 saturated carbocycles. The van der Waals surface area contributed by atoms with Crippen LogP contribution in [0.3, 0.4) is 0 Å². The quantitative estimate of drug-likeness (QED) is 0.566. The molecule has 0 atom stereocenters. The summed E-state index contributed by atoms with van der Waals surface area (Å²) in [7, 11) is 0. The van der Waals surface area contributed by atoms with Gasteiger partial charge in [-0.25, -0.2) is 0 Å². The van der Waals surface area contributed by atoms with Crippen LogP contribution >= 0.6 is 70.6 Å². The van der Waals surface area contributed by atoms with Gasteiger partial charge in [0.05, 0.1) is 22.8 Å². The molecule has 0 amide bonds. The first-order chi connectivity index (χ1) is 11.9. The molecule has 4 bridgehead atoms. The molecule has 0 aromatic carbocycles. The van der Waals surface area contributed by atoms with Crippen LogP contribution in [0.1, 0.15) is 22.8 Å². The van der Waals surface area contributed by atoms with Gasteiger partial charge in [0.15, 0.2) is 0 Å². The van der Waals surface area contributed by atoms with E-state index in [0.29, 0.717) is 0 Å². The van der Waals surface area contributed by atoms with Crippen LogP contribution in [0.5, 0.6) is 0 Å². The Labute approximate surface area is 171 Å². The zero-order valence-electron chi connectivity index (χ0n) is 13.8. The lowest BCUT2D eigenvalue weighted by molar-refractivity contribution is 0.928. The number of fused-ring (bicyclic) bond motifs is 6. The summed E-state index contributed by atoms with van der Waals surface area (Å²) in [4.78, 5) is 10.2. The van der Waals surface area contributed by atoms with Crippen LogP contribution in [0.25, 0.3) is 0 Å². The fourth-order valence-electron chi connectivity index (χ4n) is 2.40. The summed E-state index contributed by atoms with van der Waals surface area (Å²) in [6.07, 6.45) is 0. The molecule has 3 rings (SSSR count). The predicted octanol–water partition coefficient (Wildman–Crippen LogP) is 4.90. The molecule has 1 aromatic rings. The van der Waals surface area contributed by atoms with E-state index >= 15 is 0 Å². The maximum Gasteiger partial charge on any atom is 0.0730 e. The minimum absolute atomic E-state index is 1.03. The van der Waals surface area contributed by atoms with Crippen LogP contribution in [0.15, 0.2) is 0 Å². The Morgan fingerprint density at radius 3 is 0.917 bits per heavy atom. The Bertz CT molecular complexity index is 429. The highest BCUT2D eigenvalue weighted by Crippen LogP contribution is 2.27. The van der Waals surface area contributed by atoms with Crippen LogP contribution in [-0.2, 0) is 23.0 Å². The van der Waals surface area contributed by atoms with E-state index in [1.54, 1.807) is 0 Å². The van der Waals surface area contributed by atoms with E-state index in [0.717, 1.165) is 23.0 Å². The summed E-state index contributed by atoms with van der Waals surface area (Å²) in [6.45, 7) is 0. The standard InChI is InChI=1S/C16H24N2S6/c1-5-21-9-13-14-11-23-7-3-20-4-8-24-12-16(18-14)15(17-13)10-22-6-2-19-1/h1-12H2. The van der Waals surface area contributed by atoms with Gasteiger partial charge in [-0.2, -0.15) is 70.6 Å². The molecule has 0 aliphatic carbocycles. The van der Waals surface area contributed by atoms with Crippen molar-refractivity contribution in [1.82, 2.24) is 9.97 Å².